The van der Waals surface area contributed by atoms with Gasteiger partial charge in [-0.25, -0.2) is 4.79 Å². The Morgan fingerprint density at radius 1 is 1.33 bits per heavy atom. The van der Waals surface area contributed by atoms with Crippen LogP contribution in [0.15, 0.2) is 0 Å². The normalized spacial score (nSPS) is 9.44. The first-order valence-electron chi connectivity index (χ1n) is 1.69. The molecule has 0 heterocycles. The van der Waals surface area contributed by atoms with Gasteiger partial charge in [0.1, 0.15) is 0 Å². The summed E-state index contributed by atoms with van der Waals surface area (Å²) >= 11 is 14.4. The van der Waals surface area contributed by atoms with Crippen molar-refractivity contribution in [2.24, 2.45) is 0 Å². The number of carbonyl (C=O) groups is 1. The fourth-order valence-corrected chi connectivity index (χ4v) is 0. The highest BCUT2D eigenvalue weighted by atomic mass is 35.6. The van der Waals surface area contributed by atoms with Gasteiger partial charge in [-0.1, -0.05) is 34.8 Å². The molecule has 0 aliphatic carbocycles. The summed E-state index contributed by atoms with van der Waals surface area (Å²) in [4.78, 5) is 9.62. The highest BCUT2D eigenvalue weighted by Crippen LogP contribution is 2.25. The van der Waals surface area contributed by atoms with Crippen molar-refractivity contribution >= 4 is 40.8 Å². The van der Waals surface area contributed by atoms with Gasteiger partial charge < -0.3 is 10.2 Å². The summed E-state index contributed by atoms with van der Waals surface area (Å²) in [5, 5.41) is 14.9. The first-order valence-corrected chi connectivity index (χ1v) is 2.83. The molecule has 0 rings (SSSR count). The Bertz CT molecular complexity index is 86.8. The fraction of sp³-hybridized carbons (Fsp3) is 0.667. The second kappa shape index (κ2) is 5.11. The Balaban J connectivity index is 0. The molecular weight excluding hydrogens is 190 g/mol. The van der Waals surface area contributed by atoms with Gasteiger partial charge in [-0.05, 0) is 0 Å². The zero-order valence-corrected chi connectivity index (χ0v) is 6.70. The lowest BCUT2D eigenvalue weighted by atomic mass is 10.8. The van der Waals surface area contributed by atoms with Crippen molar-refractivity contribution in [2.75, 3.05) is 7.11 Å². The minimum absolute atomic E-state index is 1.00. The molecule has 0 radical (unpaired) electrons. The molecule has 6 heteroatoms. The molecule has 0 atom stereocenters. The van der Waals surface area contributed by atoms with Crippen molar-refractivity contribution < 1.29 is 15.0 Å². The van der Waals surface area contributed by atoms with Crippen molar-refractivity contribution in [2.45, 2.75) is 3.79 Å². The van der Waals surface area contributed by atoms with Gasteiger partial charge >= 0.3 is 5.97 Å². The summed E-state index contributed by atoms with van der Waals surface area (Å²) in [6.45, 7) is 0. The van der Waals surface area contributed by atoms with E-state index in [1.165, 1.54) is 0 Å². The number of carboxylic acid groups (broad SMARTS) is 1. The van der Waals surface area contributed by atoms with Crippen molar-refractivity contribution in [3.05, 3.63) is 0 Å². The smallest absolute Gasteiger partial charge is 0.356 e. The van der Waals surface area contributed by atoms with E-state index in [1.54, 1.807) is 0 Å². The van der Waals surface area contributed by atoms with E-state index in [0.717, 1.165) is 7.11 Å². The van der Waals surface area contributed by atoms with E-state index in [0.29, 0.717) is 0 Å². The van der Waals surface area contributed by atoms with Gasteiger partial charge in [0.2, 0.25) is 0 Å². The Morgan fingerprint density at radius 3 is 1.44 bits per heavy atom. The van der Waals surface area contributed by atoms with Crippen molar-refractivity contribution in [1.29, 1.82) is 0 Å². The van der Waals surface area contributed by atoms with Crippen LogP contribution in [0.25, 0.3) is 0 Å². The highest BCUT2D eigenvalue weighted by Gasteiger charge is 2.29. The number of aliphatic carboxylic acids is 1. The fourth-order valence-electron chi connectivity index (χ4n) is 0. The molecule has 0 bridgehead atoms. The summed E-state index contributed by atoms with van der Waals surface area (Å²) in [7, 11) is 1.00. The van der Waals surface area contributed by atoms with E-state index < -0.39 is 9.76 Å². The summed E-state index contributed by atoms with van der Waals surface area (Å²) in [6.07, 6.45) is 0. The zero-order chi connectivity index (χ0) is 8.08. The monoisotopic (exact) mass is 194 g/mol. The molecule has 0 unspecified atom stereocenters. The third-order valence-electron chi connectivity index (χ3n) is 0.243. The predicted octanol–water partition coefficient (Wildman–Crippen LogP) is 1.05. The largest absolute Gasteiger partial charge is 0.478 e. The van der Waals surface area contributed by atoms with Gasteiger partial charge in [-0.2, -0.15) is 0 Å². The number of aliphatic hydroxyl groups is 1. The van der Waals surface area contributed by atoms with Crippen LogP contribution in [0.5, 0.6) is 0 Å². The molecule has 0 aliphatic heterocycles. The number of alkyl halides is 3. The van der Waals surface area contributed by atoms with Crippen molar-refractivity contribution in [1.82, 2.24) is 0 Å². The lowest BCUT2D eigenvalue weighted by Crippen LogP contribution is -2.16. The summed E-state index contributed by atoms with van der Waals surface area (Å²) in [5.41, 5.74) is 0. The van der Waals surface area contributed by atoms with E-state index in [9.17, 15) is 4.79 Å². The minimum atomic E-state index is -2.17. The van der Waals surface area contributed by atoms with Gasteiger partial charge in [-0.3, -0.25) is 0 Å². The SMILES string of the molecule is CO.O=C(O)C(Cl)(Cl)Cl. The van der Waals surface area contributed by atoms with E-state index in [-0.39, 0.29) is 0 Å². The van der Waals surface area contributed by atoms with Crippen LogP contribution in [-0.4, -0.2) is 27.1 Å². The molecule has 0 aromatic carbocycles. The molecule has 0 aliphatic rings. The molecule has 0 amide bonds. The first kappa shape index (κ1) is 12.0. The quantitative estimate of drug-likeness (QED) is 0.568. The molecule has 2 N–H and O–H groups in total. The maximum atomic E-state index is 9.62. The molecule has 3 nitrogen and oxygen atoms in total. The van der Waals surface area contributed by atoms with Crippen LogP contribution in [0.2, 0.25) is 0 Å². The molecule has 0 aromatic rings. The molecule has 0 fully saturated rings. The Labute approximate surface area is 67.1 Å². The highest BCUT2D eigenvalue weighted by molar-refractivity contribution is 6.75. The zero-order valence-electron chi connectivity index (χ0n) is 4.44. The summed E-state index contributed by atoms with van der Waals surface area (Å²) in [5.74, 6) is -1.46. The predicted molar refractivity (Wildman–Crippen MR) is 36.1 cm³/mol. The van der Waals surface area contributed by atoms with E-state index in [1.807, 2.05) is 0 Å². The summed E-state index contributed by atoms with van der Waals surface area (Å²) < 4.78 is -2.17. The number of halogens is 3. The van der Waals surface area contributed by atoms with E-state index in [2.05, 4.69) is 0 Å². The Hall–Kier alpha value is 0.300. The van der Waals surface area contributed by atoms with Crippen LogP contribution in [-0.2, 0) is 4.79 Å². The average Bonchev–Trinajstić information content (AvgIpc) is 1.69. The number of aliphatic hydroxyl groups excluding tert-OH is 1. The second-order valence-electron chi connectivity index (χ2n) is 0.803. The Kier molecular flexibility index (Phi) is 6.83. The van der Waals surface area contributed by atoms with Gasteiger partial charge in [0.25, 0.3) is 3.79 Å². The maximum Gasteiger partial charge on any atom is 0.356 e. The van der Waals surface area contributed by atoms with E-state index >= 15 is 0 Å². The molecular formula is C3H5Cl3O3. The lowest BCUT2D eigenvalue weighted by molar-refractivity contribution is -0.135. The lowest BCUT2D eigenvalue weighted by Gasteiger charge is -1.99. The molecule has 0 spiro atoms. The van der Waals surface area contributed by atoms with Crippen LogP contribution >= 0.6 is 34.8 Å². The molecule has 0 saturated carbocycles. The first-order chi connectivity index (χ1) is 3.94. The van der Waals surface area contributed by atoms with Gasteiger partial charge in [0.05, 0.1) is 0 Å². The molecule has 9 heavy (non-hydrogen) atoms. The number of hydrogen-bond acceptors (Lipinski definition) is 2. The minimum Gasteiger partial charge on any atom is -0.478 e. The maximum absolute atomic E-state index is 9.62. The molecule has 0 aromatic heterocycles. The van der Waals surface area contributed by atoms with Crippen LogP contribution in [0.3, 0.4) is 0 Å². The van der Waals surface area contributed by atoms with Crippen molar-refractivity contribution in [3.8, 4) is 0 Å². The Morgan fingerprint density at radius 2 is 1.44 bits per heavy atom. The van der Waals surface area contributed by atoms with Gasteiger partial charge in [0, 0.05) is 7.11 Å². The van der Waals surface area contributed by atoms with Crippen LogP contribution < -0.4 is 0 Å². The number of rotatable bonds is 0. The van der Waals surface area contributed by atoms with Crippen LogP contribution in [0, 0.1) is 0 Å². The molecule has 0 saturated heterocycles. The van der Waals surface area contributed by atoms with E-state index in [4.69, 9.17) is 45.0 Å². The standard InChI is InChI=1S/C2HCl3O2.CH4O/c3-2(4,5)1(6)7;1-2/h(H,6,7);2H,1H3. The summed E-state index contributed by atoms with van der Waals surface area (Å²) in [6, 6.07) is 0. The number of carboxylic acids is 1. The van der Waals surface area contributed by atoms with Gasteiger partial charge in [0.15, 0.2) is 0 Å². The molecule has 56 valence electrons. The van der Waals surface area contributed by atoms with Crippen molar-refractivity contribution in [3.63, 3.8) is 0 Å². The third-order valence-corrected chi connectivity index (χ3v) is 0.728. The topological polar surface area (TPSA) is 57.5 Å². The van der Waals surface area contributed by atoms with Crippen LogP contribution in [0.4, 0.5) is 0 Å². The number of hydrogen-bond donors (Lipinski definition) is 2. The van der Waals surface area contributed by atoms with Gasteiger partial charge in [-0.15, -0.1) is 0 Å². The average molecular weight is 195 g/mol. The van der Waals surface area contributed by atoms with Crippen LogP contribution in [0.1, 0.15) is 0 Å². The third kappa shape index (κ3) is 8.30. The second-order valence-corrected chi connectivity index (χ2v) is 3.08.